The lowest BCUT2D eigenvalue weighted by atomic mass is 9.93. The van der Waals surface area contributed by atoms with Gasteiger partial charge in [0.25, 0.3) is 0 Å². The molecule has 3 heterocycles. The molecule has 0 unspecified atom stereocenters. The summed E-state index contributed by atoms with van der Waals surface area (Å²) in [6, 6.07) is 0.0240. The van der Waals surface area contributed by atoms with Gasteiger partial charge in [0, 0.05) is 38.1 Å². The van der Waals surface area contributed by atoms with E-state index in [2.05, 4.69) is 41.1 Å². The molecule has 1 aliphatic rings. The van der Waals surface area contributed by atoms with Gasteiger partial charge in [-0.1, -0.05) is 32.1 Å². The highest BCUT2D eigenvalue weighted by Crippen LogP contribution is 2.28. The molecule has 2 amide bonds. The molecule has 0 saturated carbocycles. The molecule has 23 heavy (non-hydrogen) atoms. The lowest BCUT2D eigenvalue weighted by Crippen LogP contribution is -2.51. The molecule has 0 radical (unpaired) electrons. The number of hydrogen-bond donors (Lipinski definition) is 1. The SMILES string of the molecule is CCNC(=O)N1CCN(c2nn3cc(C(C)(C)C)nc3s2)CC1. The number of fused-ring (bicyclic) bond motifs is 1. The smallest absolute Gasteiger partial charge is 0.317 e. The molecule has 0 atom stereocenters. The largest absolute Gasteiger partial charge is 0.343 e. The maximum absolute atomic E-state index is 11.8. The first kappa shape index (κ1) is 16.0. The molecule has 3 rings (SSSR count). The van der Waals surface area contributed by atoms with Crippen molar-refractivity contribution in [2.75, 3.05) is 37.6 Å². The predicted molar refractivity (Wildman–Crippen MR) is 92.4 cm³/mol. The Kier molecular flexibility index (Phi) is 4.18. The summed E-state index contributed by atoms with van der Waals surface area (Å²) < 4.78 is 1.87. The minimum Gasteiger partial charge on any atom is -0.343 e. The molecule has 1 saturated heterocycles. The van der Waals surface area contributed by atoms with Gasteiger partial charge in [0.2, 0.25) is 10.1 Å². The Morgan fingerprint density at radius 2 is 2.00 bits per heavy atom. The quantitative estimate of drug-likeness (QED) is 0.910. The number of carbonyl (C=O) groups excluding carboxylic acids is 1. The average Bonchev–Trinajstić information content (AvgIpc) is 3.05. The van der Waals surface area contributed by atoms with Crippen LogP contribution in [0.1, 0.15) is 33.4 Å². The second kappa shape index (κ2) is 5.99. The van der Waals surface area contributed by atoms with Crippen LogP contribution >= 0.6 is 11.3 Å². The van der Waals surface area contributed by atoms with Crippen molar-refractivity contribution in [3.63, 3.8) is 0 Å². The summed E-state index contributed by atoms with van der Waals surface area (Å²) in [5.74, 6) is 0. The van der Waals surface area contributed by atoms with Crippen molar-refractivity contribution in [2.45, 2.75) is 33.1 Å². The van der Waals surface area contributed by atoms with Gasteiger partial charge in [-0.05, 0) is 6.92 Å². The van der Waals surface area contributed by atoms with Crippen LogP contribution in [-0.2, 0) is 5.41 Å². The monoisotopic (exact) mass is 336 g/mol. The van der Waals surface area contributed by atoms with Crippen LogP contribution in [0.15, 0.2) is 6.20 Å². The van der Waals surface area contributed by atoms with E-state index in [4.69, 9.17) is 0 Å². The summed E-state index contributed by atoms with van der Waals surface area (Å²) in [4.78, 5) is 21.5. The summed E-state index contributed by atoms with van der Waals surface area (Å²) in [6.45, 7) is 12.1. The third kappa shape index (κ3) is 3.26. The lowest BCUT2D eigenvalue weighted by Gasteiger charge is -2.34. The highest BCUT2D eigenvalue weighted by atomic mass is 32.1. The van der Waals surface area contributed by atoms with Crippen LogP contribution in [0.4, 0.5) is 9.93 Å². The van der Waals surface area contributed by atoms with E-state index >= 15 is 0 Å². The van der Waals surface area contributed by atoms with Crippen LogP contribution in [0.5, 0.6) is 0 Å². The van der Waals surface area contributed by atoms with Gasteiger partial charge in [0.05, 0.1) is 11.9 Å². The first-order valence-electron chi connectivity index (χ1n) is 8.03. The minimum atomic E-state index is 0.0240. The topological polar surface area (TPSA) is 65.8 Å². The zero-order valence-corrected chi connectivity index (χ0v) is 15.0. The van der Waals surface area contributed by atoms with Gasteiger partial charge in [-0.2, -0.15) is 0 Å². The fourth-order valence-electron chi connectivity index (χ4n) is 2.54. The summed E-state index contributed by atoms with van der Waals surface area (Å²) in [5.41, 5.74) is 1.09. The van der Waals surface area contributed by atoms with E-state index < -0.39 is 0 Å². The van der Waals surface area contributed by atoms with Crippen molar-refractivity contribution in [1.82, 2.24) is 24.8 Å². The number of amides is 2. The summed E-state index contributed by atoms with van der Waals surface area (Å²) in [7, 11) is 0. The third-order valence-corrected chi connectivity index (χ3v) is 4.95. The van der Waals surface area contributed by atoms with Crippen molar-refractivity contribution < 1.29 is 4.79 Å². The number of nitrogens with one attached hydrogen (secondary N) is 1. The van der Waals surface area contributed by atoms with E-state index in [1.807, 2.05) is 22.5 Å². The number of nitrogens with zero attached hydrogens (tertiary/aromatic N) is 5. The van der Waals surface area contributed by atoms with Gasteiger partial charge < -0.3 is 15.1 Å². The predicted octanol–water partition coefficient (Wildman–Crippen LogP) is 1.94. The van der Waals surface area contributed by atoms with Gasteiger partial charge in [-0.3, -0.25) is 0 Å². The standard InChI is InChI=1S/C15H24N6OS/c1-5-16-12(22)19-6-8-20(9-7-19)14-18-21-10-11(15(2,3)4)17-13(21)23-14/h10H,5-9H2,1-4H3,(H,16,22). The van der Waals surface area contributed by atoms with Crippen molar-refractivity contribution in [3.8, 4) is 0 Å². The van der Waals surface area contributed by atoms with Gasteiger partial charge in [0.15, 0.2) is 0 Å². The summed E-state index contributed by atoms with van der Waals surface area (Å²) in [5, 5.41) is 8.48. The van der Waals surface area contributed by atoms with Crippen molar-refractivity contribution in [2.24, 2.45) is 0 Å². The fraction of sp³-hybridized carbons (Fsp3) is 0.667. The van der Waals surface area contributed by atoms with Crippen LogP contribution in [0.2, 0.25) is 0 Å². The maximum Gasteiger partial charge on any atom is 0.317 e. The van der Waals surface area contributed by atoms with Gasteiger partial charge in [-0.15, -0.1) is 5.10 Å². The normalized spacial score (nSPS) is 16.2. The van der Waals surface area contributed by atoms with E-state index in [1.54, 1.807) is 11.3 Å². The second-order valence-electron chi connectivity index (χ2n) is 6.80. The highest BCUT2D eigenvalue weighted by Gasteiger charge is 2.24. The van der Waals surface area contributed by atoms with Gasteiger partial charge >= 0.3 is 6.03 Å². The van der Waals surface area contributed by atoms with Crippen LogP contribution in [0.3, 0.4) is 0 Å². The molecule has 2 aromatic rings. The Balaban J connectivity index is 1.68. The zero-order chi connectivity index (χ0) is 16.6. The molecule has 0 bridgehead atoms. The third-order valence-electron chi connectivity index (χ3n) is 3.97. The molecular formula is C15H24N6OS. The molecule has 0 aromatic carbocycles. The van der Waals surface area contributed by atoms with E-state index in [0.29, 0.717) is 6.54 Å². The summed E-state index contributed by atoms with van der Waals surface area (Å²) >= 11 is 1.61. The maximum atomic E-state index is 11.8. The molecule has 2 aromatic heterocycles. The Hall–Kier alpha value is -1.83. The first-order chi connectivity index (χ1) is 10.9. The zero-order valence-electron chi connectivity index (χ0n) is 14.2. The van der Waals surface area contributed by atoms with Crippen molar-refractivity contribution in [1.29, 1.82) is 0 Å². The molecule has 8 heteroatoms. The first-order valence-corrected chi connectivity index (χ1v) is 8.84. The number of urea groups is 1. The van der Waals surface area contributed by atoms with Crippen molar-refractivity contribution in [3.05, 3.63) is 11.9 Å². The van der Waals surface area contributed by atoms with E-state index in [0.717, 1.165) is 42.0 Å². The Morgan fingerprint density at radius 3 is 2.57 bits per heavy atom. The van der Waals surface area contributed by atoms with E-state index in [-0.39, 0.29) is 11.4 Å². The Labute approximate surface area is 140 Å². The summed E-state index contributed by atoms with van der Waals surface area (Å²) in [6.07, 6.45) is 2.01. The number of aromatic nitrogens is 3. The van der Waals surface area contributed by atoms with Gasteiger partial charge in [0.1, 0.15) is 0 Å². The van der Waals surface area contributed by atoms with Crippen LogP contribution in [-0.4, -0.2) is 58.3 Å². The molecule has 7 nitrogen and oxygen atoms in total. The number of piperazine rings is 1. The number of rotatable bonds is 2. The number of imidazole rings is 1. The minimum absolute atomic E-state index is 0.0240. The molecular weight excluding hydrogens is 312 g/mol. The molecule has 1 N–H and O–H groups in total. The molecule has 126 valence electrons. The molecule has 1 aliphatic heterocycles. The molecule has 0 spiro atoms. The second-order valence-corrected chi connectivity index (χ2v) is 7.73. The van der Waals surface area contributed by atoms with Crippen LogP contribution in [0, 0.1) is 0 Å². The molecule has 0 aliphatic carbocycles. The Morgan fingerprint density at radius 1 is 1.30 bits per heavy atom. The van der Waals surface area contributed by atoms with E-state index in [9.17, 15) is 4.79 Å². The fourth-order valence-corrected chi connectivity index (χ4v) is 3.48. The Bertz CT molecular complexity index is 661. The van der Waals surface area contributed by atoms with Crippen LogP contribution < -0.4 is 10.2 Å². The highest BCUT2D eigenvalue weighted by molar-refractivity contribution is 7.20. The molecule has 1 fully saturated rings. The van der Waals surface area contributed by atoms with Crippen LogP contribution in [0.25, 0.3) is 4.96 Å². The number of hydrogen-bond acceptors (Lipinski definition) is 5. The van der Waals surface area contributed by atoms with E-state index in [1.165, 1.54) is 0 Å². The van der Waals surface area contributed by atoms with Crippen molar-refractivity contribution >= 4 is 27.5 Å². The van der Waals surface area contributed by atoms with Gasteiger partial charge in [-0.25, -0.2) is 14.3 Å². The lowest BCUT2D eigenvalue weighted by molar-refractivity contribution is 0.195. The number of carbonyl (C=O) groups is 1. The number of anilines is 1. The average molecular weight is 336 g/mol.